The lowest BCUT2D eigenvalue weighted by atomic mass is 9.94. The average Bonchev–Trinajstić information content (AvgIpc) is 2.44. The summed E-state index contributed by atoms with van der Waals surface area (Å²) in [5, 5.41) is 12.8. The van der Waals surface area contributed by atoms with Crippen LogP contribution in [0.5, 0.6) is 0 Å². The van der Waals surface area contributed by atoms with Gasteiger partial charge >= 0.3 is 0 Å². The number of rotatable bonds is 3. The lowest BCUT2D eigenvalue weighted by Crippen LogP contribution is -2.28. The summed E-state index contributed by atoms with van der Waals surface area (Å²) < 4.78 is 14.4. The van der Waals surface area contributed by atoms with Crippen molar-refractivity contribution in [2.24, 2.45) is 0 Å². The van der Waals surface area contributed by atoms with Crippen molar-refractivity contribution in [2.45, 2.75) is 37.0 Å². The molecule has 0 heterocycles. The molecule has 1 N–H and O–H groups in total. The molecule has 1 aliphatic rings. The topological polar surface area (TPSA) is 35.8 Å². The molecule has 0 saturated heterocycles. The summed E-state index contributed by atoms with van der Waals surface area (Å²) in [5.41, 5.74) is 0.811. The third-order valence-corrected chi connectivity index (χ3v) is 5.39. The normalized spacial score (nSPS) is 22.8. The SMILES string of the molecule is CSC1CCCC(Nc2ccc(C#N)c(Br)c2F)C1. The first-order valence-corrected chi connectivity index (χ1v) is 8.41. The third-order valence-electron chi connectivity index (χ3n) is 3.52. The molecule has 1 aliphatic carbocycles. The molecule has 0 bridgehead atoms. The molecule has 5 heteroatoms. The number of nitriles is 1. The van der Waals surface area contributed by atoms with E-state index in [1.807, 2.05) is 17.8 Å². The molecule has 2 atom stereocenters. The van der Waals surface area contributed by atoms with E-state index in [1.165, 1.54) is 12.8 Å². The van der Waals surface area contributed by atoms with Crippen molar-refractivity contribution in [1.29, 1.82) is 5.26 Å². The van der Waals surface area contributed by atoms with Crippen LogP contribution in [0.1, 0.15) is 31.2 Å². The van der Waals surface area contributed by atoms with Crippen LogP contribution in [0.15, 0.2) is 16.6 Å². The number of halogens is 2. The van der Waals surface area contributed by atoms with Crippen molar-refractivity contribution < 1.29 is 4.39 Å². The van der Waals surface area contributed by atoms with Crippen molar-refractivity contribution in [3.05, 3.63) is 28.0 Å². The summed E-state index contributed by atoms with van der Waals surface area (Å²) in [5.74, 6) is -0.370. The molecule has 0 radical (unpaired) electrons. The maximum Gasteiger partial charge on any atom is 0.161 e. The number of hydrogen-bond acceptors (Lipinski definition) is 3. The Labute approximate surface area is 125 Å². The van der Waals surface area contributed by atoms with Gasteiger partial charge in [0.25, 0.3) is 0 Å². The number of hydrogen-bond donors (Lipinski definition) is 1. The smallest absolute Gasteiger partial charge is 0.161 e. The summed E-state index contributed by atoms with van der Waals surface area (Å²) >= 11 is 5.03. The Morgan fingerprint density at radius 2 is 2.26 bits per heavy atom. The molecule has 0 aromatic heterocycles. The predicted molar refractivity (Wildman–Crippen MR) is 82.0 cm³/mol. The summed E-state index contributed by atoms with van der Waals surface area (Å²) in [4.78, 5) is 0. The number of benzene rings is 1. The third kappa shape index (κ3) is 3.43. The molecular weight excluding hydrogens is 327 g/mol. The van der Waals surface area contributed by atoms with Crippen LogP contribution in [0.4, 0.5) is 10.1 Å². The van der Waals surface area contributed by atoms with Crippen molar-refractivity contribution in [3.8, 4) is 6.07 Å². The molecule has 1 saturated carbocycles. The number of thioether (sulfide) groups is 1. The number of nitrogens with one attached hydrogen (secondary N) is 1. The second-order valence-electron chi connectivity index (χ2n) is 4.77. The minimum absolute atomic E-state index is 0.247. The molecule has 2 nitrogen and oxygen atoms in total. The fourth-order valence-electron chi connectivity index (χ4n) is 2.46. The van der Waals surface area contributed by atoms with Gasteiger partial charge in [-0.3, -0.25) is 0 Å². The lowest BCUT2D eigenvalue weighted by Gasteiger charge is -2.29. The predicted octanol–water partition coefficient (Wildman–Crippen LogP) is 4.55. The minimum Gasteiger partial charge on any atom is -0.380 e. The van der Waals surface area contributed by atoms with E-state index in [4.69, 9.17) is 5.26 Å². The Hall–Kier alpha value is -0.730. The van der Waals surface area contributed by atoms with Crippen molar-refractivity contribution in [1.82, 2.24) is 0 Å². The van der Waals surface area contributed by atoms with Crippen LogP contribution in [0.3, 0.4) is 0 Å². The van der Waals surface area contributed by atoms with Crippen LogP contribution < -0.4 is 5.32 Å². The van der Waals surface area contributed by atoms with Gasteiger partial charge in [0.15, 0.2) is 5.82 Å². The van der Waals surface area contributed by atoms with Crippen LogP contribution in [-0.2, 0) is 0 Å². The second kappa shape index (κ2) is 6.62. The summed E-state index contributed by atoms with van der Waals surface area (Å²) in [6.45, 7) is 0. The molecule has 0 spiro atoms. The standard InChI is InChI=1S/C14H16BrFN2S/c1-19-11-4-2-3-10(7-11)18-12-6-5-9(8-17)13(15)14(12)16/h5-6,10-11,18H,2-4,7H2,1H3. The molecular formula is C14H16BrFN2S. The first kappa shape index (κ1) is 14.7. The molecule has 102 valence electrons. The first-order chi connectivity index (χ1) is 9.15. The Balaban J connectivity index is 2.11. The zero-order valence-corrected chi connectivity index (χ0v) is 13.2. The monoisotopic (exact) mass is 342 g/mol. The van der Waals surface area contributed by atoms with E-state index in [0.29, 0.717) is 22.5 Å². The molecule has 0 amide bonds. The quantitative estimate of drug-likeness (QED) is 0.875. The van der Waals surface area contributed by atoms with E-state index in [0.717, 1.165) is 12.8 Å². The van der Waals surface area contributed by atoms with Gasteiger partial charge in [-0.15, -0.1) is 0 Å². The van der Waals surface area contributed by atoms with E-state index >= 15 is 0 Å². The highest BCUT2D eigenvalue weighted by Crippen LogP contribution is 2.31. The Morgan fingerprint density at radius 3 is 2.95 bits per heavy atom. The van der Waals surface area contributed by atoms with E-state index in [1.54, 1.807) is 12.1 Å². The van der Waals surface area contributed by atoms with Crippen LogP contribution in [0, 0.1) is 17.1 Å². The fourth-order valence-corrected chi connectivity index (χ4v) is 3.72. The van der Waals surface area contributed by atoms with Gasteiger partial charge in [-0.25, -0.2) is 4.39 Å². The van der Waals surface area contributed by atoms with Gasteiger partial charge in [0, 0.05) is 11.3 Å². The maximum atomic E-state index is 14.1. The van der Waals surface area contributed by atoms with Gasteiger partial charge in [0.1, 0.15) is 6.07 Å². The first-order valence-electron chi connectivity index (χ1n) is 6.33. The summed E-state index contributed by atoms with van der Waals surface area (Å²) in [6, 6.07) is 5.58. The van der Waals surface area contributed by atoms with Gasteiger partial charge in [0.05, 0.1) is 15.7 Å². The van der Waals surface area contributed by atoms with Gasteiger partial charge in [-0.05, 0) is 53.6 Å². The Bertz CT molecular complexity index is 501. The molecule has 2 unspecified atom stereocenters. The zero-order valence-electron chi connectivity index (χ0n) is 10.7. The fraction of sp³-hybridized carbons (Fsp3) is 0.500. The summed E-state index contributed by atoms with van der Waals surface area (Å²) in [7, 11) is 0. The second-order valence-corrected chi connectivity index (χ2v) is 6.70. The molecule has 0 aliphatic heterocycles. The van der Waals surface area contributed by atoms with Crippen molar-refractivity contribution >= 4 is 33.4 Å². The minimum atomic E-state index is -0.370. The average molecular weight is 343 g/mol. The highest BCUT2D eigenvalue weighted by Gasteiger charge is 2.22. The summed E-state index contributed by atoms with van der Waals surface area (Å²) in [6.07, 6.45) is 6.71. The lowest BCUT2D eigenvalue weighted by molar-refractivity contribution is 0.471. The number of anilines is 1. The van der Waals surface area contributed by atoms with Crippen LogP contribution >= 0.6 is 27.7 Å². The zero-order chi connectivity index (χ0) is 13.8. The maximum absolute atomic E-state index is 14.1. The Morgan fingerprint density at radius 1 is 1.47 bits per heavy atom. The van der Waals surface area contributed by atoms with E-state index in [9.17, 15) is 4.39 Å². The number of nitrogens with zero attached hydrogens (tertiary/aromatic N) is 1. The largest absolute Gasteiger partial charge is 0.380 e. The van der Waals surface area contributed by atoms with Gasteiger partial charge in [-0.1, -0.05) is 6.42 Å². The highest BCUT2D eigenvalue weighted by atomic mass is 79.9. The molecule has 2 rings (SSSR count). The molecule has 1 aromatic rings. The van der Waals surface area contributed by atoms with Crippen molar-refractivity contribution in [2.75, 3.05) is 11.6 Å². The van der Waals surface area contributed by atoms with Gasteiger partial charge < -0.3 is 5.32 Å². The molecule has 1 aromatic carbocycles. The molecule has 19 heavy (non-hydrogen) atoms. The van der Waals surface area contributed by atoms with Crippen LogP contribution in [0.2, 0.25) is 0 Å². The van der Waals surface area contributed by atoms with E-state index < -0.39 is 0 Å². The Kier molecular flexibility index (Phi) is 5.12. The van der Waals surface area contributed by atoms with Gasteiger partial charge in [0.2, 0.25) is 0 Å². The van der Waals surface area contributed by atoms with Gasteiger partial charge in [-0.2, -0.15) is 17.0 Å². The highest BCUT2D eigenvalue weighted by molar-refractivity contribution is 9.10. The van der Waals surface area contributed by atoms with E-state index in [-0.39, 0.29) is 10.3 Å². The van der Waals surface area contributed by atoms with E-state index in [2.05, 4.69) is 27.5 Å². The molecule has 1 fully saturated rings. The van der Waals surface area contributed by atoms with Crippen molar-refractivity contribution in [3.63, 3.8) is 0 Å². The van der Waals surface area contributed by atoms with Crippen LogP contribution in [0.25, 0.3) is 0 Å². The van der Waals surface area contributed by atoms with Crippen LogP contribution in [-0.4, -0.2) is 17.5 Å².